The SMILES string of the molecule is Cc1ocnc1C(=O)N1CCC(C2CCNCC2)CC1. The molecule has 3 rings (SSSR count). The van der Waals surface area contributed by atoms with E-state index in [-0.39, 0.29) is 5.91 Å². The van der Waals surface area contributed by atoms with Crippen LogP contribution in [0.15, 0.2) is 10.8 Å². The molecule has 1 N–H and O–H groups in total. The minimum absolute atomic E-state index is 0.0278. The number of rotatable bonds is 2. The first-order valence-electron chi connectivity index (χ1n) is 7.66. The third kappa shape index (κ3) is 2.73. The molecule has 2 aliphatic rings. The second-order valence-electron chi connectivity index (χ2n) is 5.97. The second-order valence-corrected chi connectivity index (χ2v) is 5.97. The maximum absolute atomic E-state index is 12.4. The summed E-state index contributed by atoms with van der Waals surface area (Å²) in [6.45, 7) is 5.82. The molecule has 5 heteroatoms. The van der Waals surface area contributed by atoms with Crippen LogP contribution in [0, 0.1) is 18.8 Å². The van der Waals surface area contributed by atoms with Gasteiger partial charge in [-0.1, -0.05) is 0 Å². The number of amides is 1. The van der Waals surface area contributed by atoms with Crippen LogP contribution in [0.1, 0.15) is 41.9 Å². The zero-order valence-electron chi connectivity index (χ0n) is 12.1. The number of oxazole rings is 1. The Kier molecular flexibility index (Phi) is 4.05. The average Bonchev–Trinajstić information content (AvgIpc) is 2.94. The van der Waals surface area contributed by atoms with Crippen molar-refractivity contribution in [2.45, 2.75) is 32.6 Å². The van der Waals surface area contributed by atoms with Gasteiger partial charge in [0.15, 0.2) is 12.1 Å². The van der Waals surface area contributed by atoms with Crippen molar-refractivity contribution in [2.24, 2.45) is 11.8 Å². The summed E-state index contributed by atoms with van der Waals surface area (Å²) in [7, 11) is 0. The number of piperidine rings is 2. The van der Waals surface area contributed by atoms with Gasteiger partial charge in [0.1, 0.15) is 5.76 Å². The fourth-order valence-electron chi connectivity index (χ4n) is 3.55. The van der Waals surface area contributed by atoms with Gasteiger partial charge in [-0.05, 0) is 57.5 Å². The number of likely N-dealkylation sites (tertiary alicyclic amines) is 1. The molecule has 0 radical (unpaired) electrons. The molecule has 1 aromatic rings. The summed E-state index contributed by atoms with van der Waals surface area (Å²) in [6.07, 6.45) is 6.20. The van der Waals surface area contributed by atoms with E-state index < -0.39 is 0 Å². The van der Waals surface area contributed by atoms with Gasteiger partial charge in [0, 0.05) is 13.1 Å². The molecule has 110 valence electrons. The predicted octanol–water partition coefficient (Wildman–Crippen LogP) is 1.83. The lowest BCUT2D eigenvalue weighted by molar-refractivity contribution is 0.0635. The molecule has 0 atom stereocenters. The number of aryl methyl sites for hydroxylation is 1. The fraction of sp³-hybridized carbons (Fsp3) is 0.733. The number of nitrogens with one attached hydrogen (secondary N) is 1. The van der Waals surface area contributed by atoms with Gasteiger partial charge < -0.3 is 14.6 Å². The Hall–Kier alpha value is -1.36. The molecule has 0 unspecified atom stereocenters. The first kappa shape index (κ1) is 13.6. The normalized spacial score (nSPS) is 22.1. The zero-order chi connectivity index (χ0) is 13.9. The first-order valence-corrected chi connectivity index (χ1v) is 7.66. The second kappa shape index (κ2) is 5.95. The van der Waals surface area contributed by atoms with Gasteiger partial charge in [-0.2, -0.15) is 0 Å². The number of carbonyl (C=O) groups is 1. The van der Waals surface area contributed by atoms with E-state index in [4.69, 9.17) is 4.42 Å². The van der Waals surface area contributed by atoms with Gasteiger partial charge >= 0.3 is 0 Å². The van der Waals surface area contributed by atoms with Gasteiger partial charge in [0.25, 0.3) is 5.91 Å². The summed E-state index contributed by atoms with van der Waals surface area (Å²) in [5.41, 5.74) is 0.477. The van der Waals surface area contributed by atoms with Crippen LogP contribution in [0.25, 0.3) is 0 Å². The van der Waals surface area contributed by atoms with Crippen LogP contribution in [0.5, 0.6) is 0 Å². The lowest BCUT2D eigenvalue weighted by atomic mass is 9.79. The quantitative estimate of drug-likeness (QED) is 0.896. The van der Waals surface area contributed by atoms with E-state index in [1.54, 1.807) is 6.92 Å². The zero-order valence-corrected chi connectivity index (χ0v) is 12.1. The first-order chi connectivity index (χ1) is 9.75. The standard InChI is InChI=1S/C15H23N3O2/c1-11-14(17-10-20-11)15(19)18-8-4-13(5-9-18)12-2-6-16-7-3-12/h10,12-13,16H,2-9H2,1H3. The highest BCUT2D eigenvalue weighted by Gasteiger charge is 2.30. The topological polar surface area (TPSA) is 58.4 Å². The molecule has 2 fully saturated rings. The molecule has 0 bridgehead atoms. The highest BCUT2D eigenvalue weighted by atomic mass is 16.3. The smallest absolute Gasteiger partial charge is 0.276 e. The number of carbonyl (C=O) groups excluding carboxylic acids is 1. The Balaban J connectivity index is 1.55. The third-order valence-corrected chi connectivity index (χ3v) is 4.82. The Labute approximate surface area is 119 Å². The van der Waals surface area contributed by atoms with Crippen molar-refractivity contribution in [3.63, 3.8) is 0 Å². The average molecular weight is 277 g/mol. The van der Waals surface area contributed by atoms with E-state index >= 15 is 0 Å². The molecular formula is C15H23N3O2. The largest absolute Gasteiger partial charge is 0.448 e. The molecule has 0 saturated carbocycles. The van der Waals surface area contributed by atoms with Crippen LogP contribution in [-0.4, -0.2) is 42.0 Å². The van der Waals surface area contributed by atoms with Crippen LogP contribution in [-0.2, 0) is 0 Å². The summed E-state index contributed by atoms with van der Waals surface area (Å²) in [4.78, 5) is 18.3. The molecule has 1 aromatic heterocycles. The lowest BCUT2D eigenvalue weighted by Crippen LogP contribution is -2.42. The van der Waals surface area contributed by atoms with Crippen molar-refractivity contribution in [3.8, 4) is 0 Å². The maximum atomic E-state index is 12.4. The summed E-state index contributed by atoms with van der Waals surface area (Å²) < 4.78 is 5.13. The van der Waals surface area contributed by atoms with Crippen molar-refractivity contribution in [1.82, 2.24) is 15.2 Å². The molecule has 1 amide bonds. The van der Waals surface area contributed by atoms with Crippen LogP contribution in [0.4, 0.5) is 0 Å². The molecule has 0 aliphatic carbocycles. The van der Waals surface area contributed by atoms with E-state index in [0.29, 0.717) is 11.5 Å². The van der Waals surface area contributed by atoms with Gasteiger partial charge in [-0.25, -0.2) is 4.98 Å². The van der Waals surface area contributed by atoms with Crippen molar-refractivity contribution < 1.29 is 9.21 Å². The monoisotopic (exact) mass is 277 g/mol. The molecule has 0 aromatic carbocycles. The van der Waals surface area contributed by atoms with Crippen LogP contribution < -0.4 is 5.32 Å². The molecule has 20 heavy (non-hydrogen) atoms. The van der Waals surface area contributed by atoms with E-state index in [0.717, 1.165) is 50.9 Å². The van der Waals surface area contributed by atoms with Crippen LogP contribution in [0.3, 0.4) is 0 Å². The van der Waals surface area contributed by atoms with Crippen molar-refractivity contribution in [3.05, 3.63) is 17.8 Å². The van der Waals surface area contributed by atoms with Crippen LogP contribution >= 0.6 is 0 Å². The number of hydrogen-bond donors (Lipinski definition) is 1. The molecule has 2 saturated heterocycles. The number of hydrogen-bond acceptors (Lipinski definition) is 4. The third-order valence-electron chi connectivity index (χ3n) is 4.82. The Morgan fingerprint density at radius 2 is 1.90 bits per heavy atom. The summed E-state index contributed by atoms with van der Waals surface area (Å²) >= 11 is 0. The van der Waals surface area contributed by atoms with E-state index in [1.807, 2.05) is 4.90 Å². The molecule has 3 heterocycles. The van der Waals surface area contributed by atoms with Gasteiger partial charge in [-0.3, -0.25) is 4.79 Å². The van der Waals surface area contributed by atoms with Crippen molar-refractivity contribution >= 4 is 5.91 Å². The minimum atomic E-state index is 0.0278. The number of aromatic nitrogens is 1. The predicted molar refractivity (Wildman–Crippen MR) is 75.5 cm³/mol. The molecule has 2 aliphatic heterocycles. The van der Waals surface area contributed by atoms with Crippen LogP contribution in [0.2, 0.25) is 0 Å². The van der Waals surface area contributed by atoms with Crippen molar-refractivity contribution in [2.75, 3.05) is 26.2 Å². The Bertz CT molecular complexity index is 457. The van der Waals surface area contributed by atoms with E-state index in [1.165, 1.54) is 19.2 Å². The Morgan fingerprint density at radius 3 is 2.50 bits per heavy atom. The summed E-state index contributed by atoms with van der Waals surface area (Å²) in [6, 6.07) is 0. The van der Waals surface area contributed by atoms with E-state index in [9.17, 15) is 4.79 Å². The number of nitrogens with zero attached hydrogens (tertiary/aromatic N) is 2. The van der Waals surface area contributed by atoms with Crippen molar-refractivity contribution in [1.29, 1.82) is 0 Å². The van der Waals surface area contributed by atoms with Gasteiger partial charge in [0.05, 0.1) is 0 Å². The summed E-state index contributed by atoms with van der Waals surface area (Å²) in [5, 5.41) is 3.42. The summed E-state index contributed by atoms with van der Waals surface area (Å²) in [5.74, 6) is 2.29. The van der Waals surface area contributed by atoms with E-state index in [2.05, 4.69) is 10.3 Å². The lowest BCUT2D eigenvalue weighted by Gasteiger charge is -2.37. The minimum Gasteiger partial charge on any atom is -0.448 e. The maximum Gasteiger partial charge on any atom is 0.276 e. The Morgan fingerprint density at radius 1 is 1.25 bits per heavy atom. The highest BCUT2D eigenvalue weighted by molar-refractivity contribution is 5.93. The molecule has 5 nitrogen and oxygen atoms in total. The van der Waals surface area contributed by atoms with Gasteiger partial charge in [0.2, 0.25) is 0 Å². The highest BCUT2D eigenvalue weighted by Crippen LogP contribution is 2.31. The fourth-order valence-corrected chi connectivity index (χ4v) is 3.55. The molecular weight excluding hydrogens is 254 g/mol. The van der Waals surface area contributed by atoms with Gasteiger partial charge in [-0.15, -0.1) is 0 Å². The molecule has 0 spiro atoms.